The highest BCUT2D eigenvalue weighted by Gasteiger charge is 2.15. The second-order valence-electron chi connectivity index (χ2n) is 3.36. The Morgan fingerprint density at radius 3 is 2.82 bits per heavy atom. The van der Waals surface area contributed by atoms with Gasteiger partial charge in [-0.1, -0.05) is 0 Å². The minimum atomic E-state index is -1.15. The molecule has 2 rings (SSSR count). The van der Waals surface area contributed by atoms with Gasteiger partial charge in [0.05, 0.1) is 6.26 Å². The van der Waals surface area contributed by atoms with Gasteiger partial charge in [-0.25, -0.2) is 4.79 Å². The van der Waals surface area contributed by atoms with Crippen molar-refractivity contribution in [3.8, 4) is 0 Å². The highest BCUT2D eigenvalue weighted by molar-refractivity contribution is 6.03. The number of carbonyl (C=O) groups excluding carboxylic acids is 1. The fraction of sp³-hybridized carbons (Fsp3) is 0.100. The minimum Gasteiger partial charge on any atom is -0.477 e. The summed E-state index contributed by atoms with van der Waals surface area (Å²) in [6.45, 7) is 1.73. The number of amides is 1. The van der Waals surface area contributed by atoms with Crippen LogP contribution in [0.4, 0.5) is 5.82 Å². The van der Waals surface area contributed by atoms with Crippen LogP contribution in [0.3, 0.4) is 0 Å². The molecule has 17 heavy (non-hydrogen) atoms. The Labute approximate surface area is 95.4 Å². The largest absolute Gasteiger partial charge is 0.477 e. The summed E-state index contributed by atoms with van der Waals surface area (Å²) in [6, 6.07) is 2.88. The number of rotatable bonds is 3. The van der Waals surface area contributed by atoms with Gasteiger partial charge < -0.3 is 14.8 Å². The maximum absolute atomic E-state index is 11.7. The molecule has 88 valence electrons. The molecule has 0 bridgehead atoms. The molecule has 0 radical (unpaired) electrons. The second kappa shape index (κ2) is 4.12. The maximum Gasteiger partial charge on any atom is 0.353 e. The molecule has 0 atom stereocenters. The Balaban J connectivity index is 2.13. The molecule has 0 aliphatic heterocycles. The monoisotopic (exact) mass is 235 g/mol. The van der Waals surface area contributed by atoms with Crippen LogP contribution in [0.15, 0.2) is 22.8 Å². The molecule has 3 N–H and O–H groups in total. The molecule has 0 aliphatic rings. The predicted octanol–water partition coefficient (Wildman–Crippen LogP) is 1.26. The Hall–Kier alpha value is -2.57. The number of carboxylic acids is 1. The van der Waals surface area contributed by atoms with Gasteiger partial charge in [0.2, 0.25) is 0 Å². The molecule has 0 spiro atoms. The number of nitrogens with one attached hydrogen (secondary N) is 2. The lowest BCUT2D eigenvalue weighted by Crippen LogP contribution is -2.12. The number of aryl methyl sites for hydroxylation is 1. The summed E-state index contributed by atoms with van der Waals surface area (Å²) in [4.78, 5) is 22.2. The topological polar surface area (TPSA) is 108 Å². The molecule has 0 fully saturated rings. The summed E-state index contributed by atoms with van der Waals surface area (Å²) < 4.78 is 4.99. The zero-order valence-electron chi connectivity index (χ0n) is 8.85. The van der Waals surface area contributed by atoms with Gasteiger partial charge in [0, 0.05) is 11.6 Å². The third-order valence-electron chi connectivity index (χ3n) is 2.12. The van der Waals surface area contributed by atoms with Crippen molar-refractivity contribution in [2.75, 3.05) is 5.32 Å². The van der Waals surface area contributed by atoms with E-state index < -0.39 is 11.9 Å². The summed E-state index contributed by atoms with van der Waals surface area (Å²) in [6.07, 6.45) is 1.40. The van der Waals surface area contributed by atoms with Gasteiger partial charge in [-0.05, 0) is 13.0 Å². The van der Waals surface area contributed by atoms with Crippen molar-refractivity contribution in [3.05, 3.63) is 35.4 Å². The number of aromatic nitrogens is 2. The van der Waals surface area contributed by atoms with Gasteiger partial charge in [0.15, 0.2) is 11.6 Å². The molecule has 7 nitrogen and oxygen atoms in total. The molecule has 0 saturated carbocycles. The Kier molecular flexibility index (Phi) is 2.65. The number of nitrogens with zero attached hydrogens (tertiary/aromatic N) is 1. The molecule has 2 heterocycles. The molecular weight excluding hydrogens is 226 g/mol. The fourth-order valence-corrected chi connectivity index (χ4v) is 1.27. The van der Waals surface area contributed by atoms with Crippen molar-refractivity contribution < 1.29 is 19.1 Å². The lowest BCUT2D eigenvalue weighted by molar-refractivity contribution is 0.0690. The maximum atomic E-state index is 11.7. The van der Waals surface area contributed by atoms with E-state index in [0.717, 1.165) is 0 Å². The average molecular weight is 235 g/mol. The highest BCUT2D eigenvalue weighted by atomic mass is 16.4. The van der Waals surface area contributed by atoms with Crippen molar-refractivity contribution in [2.45, 2.75) is 6.92 Å². The summed E-state index contributed by atoms with van der Waals surface area (Å²) in [5, 5.41) is 17.0. The number of anilines is 1. The highest BCUT2D eigenvalue weighted by Crippen LogP contribution is 2.12. The second-order valence-corrected chi connectivity index (χ2v) is 3.36. The van der Waals surface area contributed by atoms with Gasteiger partial charge >= 0.3 is 5.97 Å². The lowest BCUT2D eigenvalue weighted by atomic mass is 10.3. The standard InChI is InChI=1S/C10H9N3O4/c1-5-2-3-17-8(5)9(14)11-7-4-6(10(15)16)12-13-7/h2-4H,1H3,(H,15,16)(H2,11,12,13,14). The van der Waals surface area contributed by atoms with Crippen molar-refractivity contribution >= 4 is 17.7 Å². The van der Waals surface area contributed by atoms with Gasteiger partial charge in [0.25, 0.3) is 5.91 Å². The van der Waals surface area contributed by atoms with E-state index in [9.17, 15) is 9.59 Å². The quantitative estimate of drug-likeness (QED) is 0.742. The number of carbonyl (C=O) groups is 2. The minimum absolute atomic E-state index is 0.100. The zero-order valence-corrected chi connectivity index (χ0v) is 8.85. The average Bonchev–Trinajstić information content (AvgIpc) is 2.86. The normalized spacial score (nSPS) is 10.2. The van der Waals surface area contributed by atoms with Gasteiger partial charge in [-0.15, -0.1) is 0 Å². The summed E-state index contributed by atoms with van der Waals surface area (Å²) in [7, 11) is 0. The summed E-state index contributed by atoms with van der Waals surface area (Å²) in [5.41, 5.74) is 0.591. The Morgan fingerprint density at radius 1 is 1.53 bits per heavy atom. The fourth-order valence-electron chi connectivity index (χ4n) is 1.27. The van der Waals surface area contributed by atoms with Crippen LogP contribution in [-0.4, -0.2) is 27.2 Å². The van der Waals surface area contributed by atoms with E-state index >= 15 is 0 Å². The first-order valence-electron chi connectivity index (χ1n) is 4.72. The van der Waals surface area contributed by atoms with Crippen molar-refractivity contribution in [2.24, 2.45) is 0 Å². The molecule has 0 aliphatic carbocycles. The van der Waals surface area contributed by atoms with E-state index in [1.807, 2.05) is 0 Å². The summed E-state index contributed by atoms with van der Waals surface area (Å²) >= 11 is 0. The van der Waals surface area contributed by atoms with E-state index in [2.05, 4.69) is 15.5 Å². The van der Waals surface area contributed by atoms with E-state index in [4.69, 9.17) is 9.52 Å². The number of H-pyrrole nitrogens is 1. The first-order chi connectivity index (χ1) is 8.08. The molecule has 2 aromatic rings. The molecule has 0 unspecified atom stereocenters. The van der Waals surface area contributed by atoms with Crippen molar-refractivity contribution in [1.29, 1.82) is 0 Å². The van der Waals surface area contributed by atoms with Gasteiger partial charge in [-0.2, -0.15) is 5.10 Å². The molecule has 0 aromatic carbocycles. The first-order valence-corrected chi connectivity index (χ1v) is 4.72. The van der Waals surface area contributed by atoms with E-state index in [-0.39, 0.29) is 17.3 Å². The van der Waals surface area contributed by atoms with Gasteiger partial charge in [-0.3, -0.25) is 9.89 Å². The van der Waals surface area contributed by atoms with Crippen molar-refractivity contribution in [3.63, 3.8) is 0 Å². The van der Waals surface area contributed by atoms with Gasteiger partial charge in [0.1, 0.15) is 5.69 Å². The first kappa shape index (κ1) is 10.9. The predicted molar refractivity (Wildman–Crippen MR) is 56.9 cm³/mol. The number of furan rings is 1. The SMILES string of the molecule is Cc1ccoc1C(=O)Nc1cc(C(=O)O)[nH]n1. The van der Waals surface area contributed by atoms with Crippen LogP contribution in [0, 0.1) is 6.92 Å². The molecule has 7 heteroatoms. The number of carboxylic acid groups (broad SMARTS) is 1. The Morgan fingerprint density at radius 2 is 2.29 bits per heavy atom. The number of hydrogen-bond donors (Lipinski definition) is 3. The third-order valence-corrected chi connectivity index (χ3v) is 2.12. The van der Waals surface area contributed by atoms with Crippen LogP contribution in [-0.2, 0) is 0 Å². The lowest BCUT2D eigenvalue weighted by Gasteiger charge is -1.98. The number of hydrogen-bond acceptors (Lipinski definition) is 4. The summed E-state index contributed by atoms with van der Waals surface area (Å²) in [5.74, 6) is -1.32. The van der Waals surface area contributed by atoms with E-state index in [0.29, 0.717) is 5.56 Å². The third kappa shape index (κ3) is 2.17. The van der Waals surface area contributed by atoms with Crippen molar-refractivity contribution in [1.82, 2.24) is 10.2 Å². The van der Waals surface area contributed by atoms with Crippen LogP contribution < -0.4 is 5.32 Å². The Bertz CT molecular complexity index is 570. The van der Waals surface area contributed by atoms with Crippen LogP contribution in [0.2, 0.25) is 0 Å². The van der Waals surface area contributed by atoms with Crippen LogP contribution in [0.25, 0.3) is 0 Å². The molecule has 1 amide bonds. The molecule has 0 saturated heterocycles. The smallest absolute Gasteiger partial charge is 0.353 e. The van der Waals surface area contributed by atoms with Crippen LogP contribution in [0.5, 0.6) is 0 Å². The van der Waals surface area contributed by atoms with Crippen LogP contribution in [0.1, 0.15) is 26.6 Å². The number of aromatic carboxylic acids is 1. The number of aromatic amines is 1. The zero-order chi connectivity index (χ0) is 12.4. The molecular formula is C10H9N3O4. The van der Waals surface area contributed by atoms with E-state index in [1.54, 1.807) is 13.0 Å². The van der Waals surface area contributed by atoms with E-state index in [1.165, 1.54) is 12.3 Å². The molecule has 2 aromatic heterocycles. The van der Waals surface area contributed by atoms with Crippen LogP contribution >= 0.6 is 0 Å².